The van der Waals surface area contributed by atoms with Crippen LogP contribution in [0.2, 0.25) is 0 Å². The molecule has 7 nitrogen and oxygen atoms in total. The Labute approximate surface area is 246 Å². The van der Waals surface area contributed by atoms with Crippen LogP contribution >= 0.6 is 0 Å². The highest BCUT2D eigenvalue weighted by Crippen LogP contribution is 2.62. The first-order chi connectivity index (χ1) is 19.8. The fraction of sp³-hybridized carbons (Fsp3) is 0.765. The summed E-state index contributed by atoms with van der Waals surface area (Å²) in [5.41, 5.74) is -0.0682. The smallest absolute Gasteiger partial charge is 0.477 e. The number of unbranched alkanes of at least 4 members (excludes halogenated alkanes) is 9. The minimum absolute atomic E-state index is 0.0294. The molecule has 1 aromatic carbocycles. The van der Waals surface area contributed by atoms with Gasteiger partial charge in [-0.15, -0.1) is 0 Å². The molecule has 41 heavy (non-hydrogen) atoms. The summed E-state index contributed by atoms with van der Waals surface area (Å²) >= 11 is 0. The van der Waals surface area contributed by atoms with Gasteiger partial charge in [-0.25, -0.2) is 4.79 Å². The van der Waals surface area contributed by atoms with E-state index in [1.807, 2.05) is 19.9 Å². The molecule has 4 atom stereocenters. The number of carbonyl (C=O) groups is 2. The molecule has 2 fully saturated rings. The van der Waals surface area contributed by atoms with E-state index in [1.165, 1.54) is 57.8 Å². The van der Waals surface area contributed by atoms with Gasteiger partial charge in [0.15, 0.2) is 23.4 Å². The van der Waals surface area contributed by atoms with Crippen LogP contribution in [0.3, 0.4) is 0 Å². The van der Waals surface area contributed by atoms with E-state index in [1.54, 1.807) is 6.07 Å². The number of ketones is 1. The van der Waals surface area contributed by atoms with Gasteiger partial charge in [0, 0.05) is 24.6 Å². The van der Waals surface area contributed by atoms with Gasteiger partial charge in [-0.3, -0.25) is 9.69 Å². The molecule has 2 aliphatic heterocycles. The summed E-state index contributed by atoms with van der Waals surface area (Å²) < 4.78 is 17.5. The first kappa shape index (κ1) is 30.3. The van der Waals surface area contributed by atoms with Gasteiger partial charge in [-0.1, -0.05) is 77.7 Å². The van der Waals surface area contributed by atoms with Crippen LogP contribution in [0.5, 0.6) is 11.5 Å². The molecule has 0 radical (unpaired) electrons. The normalized spacial score (nSPS) is 28.2. The van der Waals surface area contributed by atoms with E-state index in [2.05, 4.69) is 11.8 Å². The highest BCUT2D eigenvalue weighted by atomic mass is 16.7. The minimum atomic E-state index is -1.15. The van der Waals surface area contributed by atoms with E-state index < -0.39 is 23.3 Å². The number of ether oxygens (including phenoxy) is 3. The second kappa shape index (κ2) is 13.0. The predicted molar refractivity (Wildman–Crippen MR) is 159 cm³/mol. The summed E-state index contributed by atoms with van der Waals surface area (Å²) in [5, 5.41) is 12.2. The Hall–Kier alpha value is -2.12. The second-order valence-electron chi connectivity index (χ2n) is 13.2. The van der Waals surface area contributed by atoms with E-state index in [-0.39, 0.29) is 17.6 Å². The summed E-state index contributed by atoms with van der Waals surface area (Å²) in [6.45, 7) is 8.11. The Bertz CT molecular complexity index is 1080. The number of hydrogen-bond acceptors (Lipinski definition) is 7. The molecule has 1 saturated heterocycles. The van der Waals surface area contributed by atoms with Crippen LogP contribution in [-0.4, -0.2) is 59.4 Å². The average Bonchev–Trinajstić information content (AvgIpc) is 3.69. The van der Waals surface area contributed by atoms with Crippen molar-refractivity contribution in [3.8, 4) is 11.5 Å². The van der Waals surface area contributed by atoms with E-state index in [4.69, 9.17) is 14.2 Å². The lowest BCUT2D eigenvalue weighted by atomic mass is 9.53. The fourth-order valence-electron chi connectivity index (χ4n) is 7.74. The quantitative estimate of drug-likeness (QED) is 0.132. The summed E-state index contributed by atoms with van der Waals surface area (Å²) in [4.78, 5) is 28.4. The van der Waals surface area contributed by atoms with Crippen molar-refractivity contribution in [2.75, 3.05) is 19.7 Å². The van der Waals surface area contributed by atoms with Gasteiger partial charge >= 0.3 is 6.16 Å². The molecule has 1 N–H and O–H groups in total. The molecule has 1 unspecified atom stereocenters. The van der Waals surface area contributed by atoms with Crippen molar-refractivity contribution in [3.05, 3.63) is 23.3 Å². The molecule has 1 spiro atoms. The number of aliphatic hydroxyl groups is 1. The molecular weight excluding hydrogens is 518 g/mol. The van der Waals surface area contributed by atoms with Gasteiger partial charge in [0.25, 0.3) is 0 Å². The highest BCUT2D eigenvalue weighted by Gasteiger charge is 2.69. The van der Waals surface area contributed by atoms with Crippen molar-refractivity contribution in [1.82, 2.24) is 4.90 Å². The maximum absolute atomic E-state index is 13.3. The summed E-state index contributed by atoms with van der Waals surface area (Å²) in [6, 6.07) is 3.68. The van der Waals surface area contributed by atoms with Crippen molar-refractivity contribution < 1.29 is 28.9 Å². The third-order valence-corrected chi connectivity index (χ3v) is 10.3. The van der Waals surface area contributed by atoms with E-state index in [9.17, 15) is 14.7 Å². The number of Topliss-reactive ketones (excluding diaryl/α,β-unsaturated/α-hetero) is 1. The second-order valence-corrected chi connectivity index (χ2v) is 13.2. The van der Waals surface area contributed by atoms with Gasteiger partial charge < -0.3 is 19.3 Å². The summed E-state index contributed by atoms with van der Waals surface area (Å²) in [5.74, 6) is 1.39. The Morgan fingerprint density at radius 3 is 2.37 bits per heavy atom. The molecule has 2 bridgehead atoms. The lowest BCUT2D eigenvalue weighted by Gasteiger charge is -2.59. The number of fused-ring (bicyclic) bond motifs is 1. The van der Waals surface area contributed by atoms with Crippen LogP contribution in [0.15, 0.2) is 12.1 Å². The Kier molecular flexibility index (Phi) is 9.64. The number of likely N-dealkylation sites (tertiary alicyclic amines) is 1. The number of hydrogen-bond donors (Lipinski definition) is 1. The van der Waals surface area contributed by atoms with Crippen LogP contribution in [0.25, 0.3) is 0 Å². The molecular formula is C34H51NO6. The van der Waals surface area contributed by atoms with Gasteiger partial charge in [0.1, 0.15) is 0 Å². The zero-order chi connectivity index (χ0) is 29.0. The standard InChI is InChI=1S/C34H51NO6/c1-4-6-7-8-9-10-11-12-13-14-21-39-32(37)40-27-18-17-25-22-28-33(3,38)34(19-20-35(28)23-24-15-16-24)29(25)30(27)41-31(34)26(36)5-2/h17-18,24,28,31,38H,4-16,19-23H2,1-3H3/t28?,31-,33+,34-/m0/s1. The van der Waals surface area contributed by atoms with E-state index >= 15 is 0 Å². The van der Waals surface area contributed by atoms with Crippen LogP contribution in [0.1, 0.15) is 122 Å². The number of benzene rings is 1. The highest BCUT2D eigenvalue weighted by molar-refractivity contribution is 5.88. The Balaban J connectivity index is 1.21. The first-order valence-corrected chi connectivity index (χ1v) is 16.5. The molecule has 0 aromatic heterocycles. The van der Waals surface area contributed by atoms with Gasteiger partial charge in [-0.2, -0.15) is 0 Å². The number of piperidine rings is 1. The van der Waals surface area contributed by atoms with Crippen molar-refractivity contribution in [2.24, 2.45) is 5.92 Å². The van der Waals surface area contributed by atoms with E-state index in [0.717, 1.165) is 43.5 Å². The Morgan fingerprint density at radius 1 is 1.02 bits per heavy atom. The zero-order valence-corrected chi connectivity index (χ0v) is 25.6. The molecule has 5 rings (SSSR count). The van der Waals surface area contributed by atoms with Crippen LogP contribution in [0.4, 0.5) is 4.79 Å². The van der Waals surface area contributed by atoms with Gasteiger partial charge in [0.2, 0.25) is 0 Å². The minimum Gasteiger partial charge on any atom is -0.477 e. The fourth-order valence-corrected chi connectivity index (χ4v) is 7.74. The van der Waals surface area contributed by atoms with Crippen molar-refractivity contribution in [1.29, 1.82) is 0 Å². The number of carbonyl (C=O) groups excluding carboxylic acids is 2. The maximum atomic E-state index is 13.3. The third-order valence-electron chi connectivity index (χ3n) is 10.3. The van der Waals surface area contributed by atoms with Crippen LogP contribution in [-0.2, 0) is 21.4 Å². The molecule has 0 amide bonds. The molecule has 228 valence electrons. The SMILES string of the molecule is CCCCCCCCCCCCOC(=O)Oc1ccc2c3c1O[C@@H](C(=O)CC)[C@]31CCN(CC3CC3)C(C2)[C@@]1(C)O. The van der Waals surface area contributed by atoms with Gasteiger partial charge in [0.05, 0.1) is 17.6 Å². The first-order valence-electron chi connectivity index (χ1n) is 16.5. The number of rotatable bonds is 16. The molecule has 7 heteroatoms. The molecule has 2 heterocycles. The zero-order valence-electron chi connectivity index (χ0n) is 25.6. The molecule has 2 aliphatic carbocycles. The topological polar surface area (TPSA) is 85.3 Å². The molecule has 1 aromatic rings. The van der Waals surface area contributed by atoms with Crippen molar-refractivity contribution in [3.63, 3.8) is 0 Å². The lowest BCUT2D eigenvalue weighted by Crippen LogP contribution is -2.73. The van der Waals surface area contributed by atoms with Crippen molar-refractivity contribution >= 4 is 11.9 Å². The van der Waals surface area contributed by atoms with Crippen LogP contribution < -0.4 is 9.47 Å². The Morgan fingerprint density at radius 2 is 1.71 bits per heavy atom. The van der Waals surface area contributed by atoms with E-state index in [0.29, 0.717) is 37.5 Å². The largest absolute Gasteiger partial charge is 0.513 e. The average molecular weight is 570 g/mol. The summed E-state index contributed by atoms with van der Waals surface area (Å²) in [7, 11) is 0. The lowest BCUT2D eigenvalue weighted by molar-refractivity contribution is -0.164. The predicted octanol–water partition coefficient (Wildman–Crippen LogP) is 6.89. The molecule has 4 aliphatic rings. The van der Waals surface area contributed by atoms with Gasteiger partial charge in [-0.05, 0) is 63.1 Å². The monoisotopic (exact) mass is 569 g/mol. The maximum Gasteiger partial charge on any atom is 0.513 e. The third kappa shape index (κ3) is 6.04. The number of nitrogens with zero attached hydrogens (tertiary/aromatic N) is 1. The molecule has 1 saturated carbocycles. The van der Waals surface area contributed by atoms with Crippen LogP contribution in [0, 0.1) is 5.92 Å². The summed E-state index contributed by atoms with van der Waals surface area (Å²) in [6.07, 6.45) is 14.7. The van der Waals surface area contributed by atoms with Crippen molar-refractivity contribution in [2.45, 2.75) is 140 Å².